The quantitative estimate of drug-likeness (QED) is 0.636. The lowest BCUT2D eigenvalue weighted by molar-refractivity contribution is 0.166. The Hall–Kier alpha value is -1.13. The molecule has 0 aliphatic carbocycles. The van der Waals surface area contributed by atoms with Gasteiger partial charge in [-0.3, -0.25) is 0 Å². The molecule has 0 bridgehead atoms. The van der Waals surface area contributed by atoms with E-state index in [1.54, 1.807) is 6.07 Å². The van der Waals surface area contributed by atoms with Gasteiger partial charge in [0.2, 0.25) is 0 Å². The Morgan fingerprint density at radius 2 is 2.14 bits per heavy atom. The van der Waals surface area contributed by atoms with Gasteiger partial charge in [-0.1, -0.05) is 12.1 Å². The Kier molecular flexibility index (Phi) is 3.85. The first-order chi connectivity index (χ1) is 6.66. The standard InChI is InChI=1S/C10H15FN2O/c11-8-4-1-3-7(10(8)13)9(14)5-2-6-12/h1,3-4,9,14H,2,5-6,12-13H2. The first kappa shape index (κ1) is 10.9. The molecule has 0 saturated heterocycles. The van der Waals surface area contributed by atoms with Crippen molar-refractivity contribution < 1.29 is 9.50 Å². The molecule has 0 fully saturated rings. The summed E-state index contributed by atoms with van der Waals surface area (Å²) >= 11 is 0. The maximum Gasteiger partial charge on any atom is 0.146 e. The zero-order chi connectivity index (χ0) is 10.6. The minimum absolute atomic E-state index is 0.0250. The molecule has 5 N–H and O–H groups in total. The van der Waals surface area contributed by atoms with Crippen LogP contribution in [0.5, 0.6) is 0 Å². The number of hydrogen-bond acceptors (Lipinski definition) is 3. The van der Waals surface area contributed by atoms with Gasteiger partial charge in [0.05, 0.1) is 11.8 Å². The van der Waals surface area contributed by atoms with Gasteiger partial charge in [-0.05, 0) is 25.5 Å². The largest absolute Gasteiger partial charge is 0.396 e. The summed E-state index contributed by atoms with van der Waals surface area (Å²) in [5, 5.41) is 9.65. The smallest absolute Gasteiger partial charge is 0.146 e. The van der Waals surface area contributed by atoms with Gasteiger partial charge in [0.25, 0.3) is 0 Å². The van der Waals surface area contributed by atoms with E-state index < -0.39 is 11.9 Å². The Balaban J connectivity index is 2.79. The number of benzene rings is 1. The summed E-state index contributed by atoms with van der Waals surface area (Å²) in [4.78, 5) is 0. The molecular formula is C10H15FN2O. The molecule has 0 spiro atoms. The molecule has 1 aromatic carbocycles. The van der Waals surface area contributed by atoms with Crippen molar-refractivity contribution in [2.75, 3.05) is 12.3 Å². The highest BCUT2D eigenvalue weighted by Gasteiger charge is 2.12. The second-order valence-corrected chi connectivity index (χ2v) is 3.19. The number of nitrogen functional groups attached to an aromatic ring is 1. The van der Waals surface area contributed by atoms with Crippen LogP contribution in [0.15, 0.2) is 18.2 Å². The fraction of sp³-hybridized carbons (Fsp3) is 0.400. The first-order valence-corrected chi connectivity index (χ1v) is 4.59. The van der Waals surface area contributed by atoms with Crippen LogP contribution in [0, 0.1) is 5.82 Å². The van der Waals surface area contributed by atoms with Gasteiger partial charge in [-0.2, -0.15) is 0 Å². The third-order valence-electron chi connectivity index (χ3n) is 2.13. The SMILES string of the molecule is NCCCC(O)c1cccc(F)c1N. The van der Waals surface area contributed by atoms with E-state index in [1.807, 2.05) is 0 Å². The molecule has 3 nitrogen and oxygen atoms in total. The zero-order valence-electron chi connectivity index (χ0n) is 7.91. The molecule has 0 amide bonds. The fourth-order valence-corrected chi connectivity index (χ4v) is 1.31. The van der Waals surface area contributed by atoms with Crippen LogP contribution >= 0.6 is 0 Å². The molecule has 14 heavy (non-hydrogen) atoms. The number of halogens is 1. The third kappa shape index (κ3) is 2.43. The molecule has 78 valence electrons. The summed E-state index contributed by atoms with van der Waals surface area (Å²) in [6.07, 6.45) is 0.468. The molecule has 0 aliphatic rings. The van der Waals surface area contributed by atoms with Crippen LogP contribution in [-0.4, -0.2) is 11.7 Å². The lowest BCUT2D eigenvalue weighted by atomic mass is 10.0. The second kappa shape index (κ2) is 4.93. The predicted molar refractivity (Wildman–Crippen MR) is 54.1 cm³/mol. The lowest BCUT2D eigenvalue weighted by Crippen LogP contribution is -2.07. The van der Waals surface area contributed by atoms with E-state index in [2.05, 4.69) is 0 Å². The molecule has 0 aliphatic heterocycles. The van der Waals surface area contributed by atoms with Crippen LogP contribution < -0.4 is 11.5 Å². The minimum Gasteiger partial charge on any atom is -0.396 e. The number of anilines is 1. The van der Waals surface area contributed by atoms with E-state index in [4.69, 9.17) is 11.5 Å². The number of hydrogen-bond donors (Lipinski definition) is 3. The second-order valence-electron chi connectivity index (χ2n) is 3.19. The lowest BCUT2D eigenvalue weighted by Gasteiger charge is -2.12. The Morgan fingerprint density at radius 1 is 1.43 bits per heavy atom. The van der Waals surface area contributed by atoms with Crippen LogP contribution in [0.3, 0.4) is 0 Å². The predicted octanol–water partition coefficient (Wildman–Crippen LogP) is 1.18. The number of aliphatic hydroxyl groups is 1. The van der Waals surface area contributed by atoms with Crippen molar-refractivity contribution in [3.8, 4) is 0 Å². The van der Waals surface area contributed by atoms with Gasteiger partial charge in [0, 0.05) is 5.56 Å². The summed E-state index contributed by atoms with van der Waals surface area (Å²) < 4.78 is 13.0. The molecular weight excluding hydrogens is 183 g/mol. The van der Waals surface area contributed by atoms with Gasteiger partial charge in [-0.15, -0.1) is 0 Å². The van der Waals surface area contributed by atoms with Gasteiger partial charge in [0.15, 0.2) is 0 Å². The highest BCUT2D eigenvalue weighted by Crippen LogP contribution is 2.25. The molecule has 1 rings (SSSR count). The minimum atomic E-state index is -0.728. The topological polar surface area (TPSA) is 72.3 Å². The fourth-order valence-electron chi connectivity index (χ4n) is 1.31. The van der Waals surface area contributed by atoms with E-state index in [0.717, 1.165) is 0 Å². The Bertz CT molecular complexity index is 304. The van der Waals surface area contributed by atoms with Crippen molar-refractivity contribution in [3.05, 3.63) is 29.6 Å². The van der Waals surface area contributed by atoms with Crippen LogP contribution in [0.25, 0.3) is 0 Å². The normalized spacial score (nSPS) is 12.8. The molecule has 1 unspecified atom stereocenters. The first-order valence-electron chi connectivity index (χ1n) is 4.59. The van der Waals surface area contributed by atoms with Crippen molar-refractivity contribution in [1.29, 1.82) is 0 Å². The van der Waals surface area contributed by atoms with E-state index >= 15 is 0 Å². The molecule has 1 aromatic rings. The number of rotatable bonds is 4. The molecule has 0 radical (unpaired) electrons. The summed E-state index contributed by atoms with van der Waals surface area (Å²) in [5.41, 5.74) is 11.3. The summed E-state index contributed by atoms with van der Waals surface area (Å²) in [6.45, 7) is 0.506. The monoisotopic (exact) mass is 198 g/mol. The Morgan fingerprint density at radius 3 is 2.79 bits per heavy atom. The summed E-state index contributed by atoms with van der Waals surface area (Å²) in [5.74, 6) is -0.491. The maximum atomic E-state index is 13.0. The van der Waals surface area contributed by atoms with Crippen molar-refractivity contribution in [1.82, 2.24) is 0 Å². The highest BCUT2D eigenvalue weighted by molar-refractivity contribution is 5.49. The average Bonchev–Trinajstić information content (AvgIpc) is 2.18. The summed E-state index contributed by atoms with van der Waals surface area (Å²) in [6, 6.07) is 4.43. The maximum absolute atomic E-state index is 13.0. The van der Waals surface area contributed by atoms with Gasteiger partial charge in [0.1, 0.15) is 5.82 Å². The van der Waals surface area contributed by atoms with Crippen LogP contribution in [0.2, 0.25) is 0 Å². The van der Waals surface area contributed by atoms with Crippen LogP contribution in [0.4, 0.5) is 10.1 Å². The van der Waals surface area contributed by atoms with Crippen LogP contribution in [0.1, 0.15) is 24.5 Å². The van der Waals surface area contributed by atoms with Crippen molar-refractivity contribution >= 4 is 5.69 Å². The van der Waals surface area contributed by atoms with E-state index in [0.29, 0.717) is 24.9 Å². The molecule has 0 heterocycles. The zero-order valence-corrected chi connectivity index (χ0v) is 7.91. The highest BCUT2D eigenvalue weighted by atomic mass is 19.1. The van der Waals surface area contributed by atoms with E-state index in [-0.39, 0.29) is 5.69 Å². The number of nitrogens with two attached hydrogens (primary N) is 2. The van der Waals surface area contributed by atoms with E-state index in [9.17, 15) is 9.50 Å². The van der Waals surface area contributed by atoms with Gasteiger partial charge < -0.3 is 16.6 Å². The van der Waals surface area contributed by atoms with Crippen molar-refractivity contribution in [3.63, 3.8) is 0 Å². The molecule has 1 atom stereocenters. The average molecular weight is 198 g/mol. The Labute approximate surface area is 82.5 Å². The van der Waals surface area contributed by atoms with Gasteiger partial charge in [-0.25, -0.2) is 4.39 Å². The van der Waals surface area contributed by atoms with Crippen molar-refractivity contribution in [2.24, 2.45) is 5.73 Å². The van der Waals surface area contributed by atoms with Crippen LogP contribution in [-0.2, 0) is 0 Å². The van der Waals surface area contributed by atoms with E-state index in [1.165, 1.54) is 12.1 Å². The molecule has 0 aromatic heterocycles. The number of aliphatic hydroxyl groups excluding tert-OH is 1. The third-order valence-corrected chi connectivity index (χ3v) is 2.13. The molecule has 0 saturated carbocycles. The summed E-state index contributed by atoms with van der Waals surface area (Å²) in [7, 11) is 0. The number of para-hydroxylation sites is 1. The van der Waals surface area contributed by atoms with Gasteiger partial charge >= 0.3 is 0 Å². The van der Waals surface area contributed by atoms with Crippen molar-refractivity contribution in [2.45, 2.75) is 18.9 Å². The molecule has 4 heteroatoms.